The topological polar surface area (TPSA) is 61.0 Å². The van der Waals surface area contributed by atoms with Crippen LogP contribution in [0, 0.1) is 5.92 Å². The Hall–Kier alpha value is -2.18. The van der Waals surface area contributed by atoms with E-state index in [0.717, 1.165) is 19.4 Å². The van der Waals surface area contributed by atoms with Gasteiger partial charge in [-0.05, 0) is 67.0 Å². The molecular formula is C21H24N4OS. The highest BCUT2D eigenvalue weighted by Crippen LogP contribution is 2.44. The van der Waals surface area contributed by atoms with Crippen molar-refractivity contribution in [2.45, 2.75) is 37.6 Å². The fourth-order valence-corrected chi connectivity index (χ4v) is 5.55. The smallest absolute Gasteiger partial charge is 0.225 e. The first kappa shape index (κ1) is 17.0. The van der Waals surface area contributed by atoms with Crippen LogP contribution in [-0.4, -0.2) is 39.8 Å². The number of H-pyrrole nitrogens is 1. The minimum absolute atomic E-state index is 0.0735. The highest BCUT2D eigenvalue weighted by molar-refractivity contribution is 7.03. The molecule has 0 radical (unpaired) electrons. The molecule has 1 saturated heterocycles. The van der Waals surface area contributed by atoms with E-state index in [1.165, 1.54) is 40.0 Å². The van der Waals surface area contributed by atoms with E-state index in [2.05, 4.69) is 51.0 Å². The predicted molar refractivity (Wildman–Crippen MR) is 109 cm³/mol. The Balaban J connectivity index is 1.30. The fraction of sp³-hybridized carbons (Fsp3) is 0.429. The van der Waals surface area contributed by atoms with Crippen molar-refractivity contribution in [2.75, 3.05) is 18.9 Å². The van der Waals surface area contributed by atoms with Gasteiger partial charge in [-0.2, -0.15) is 4.37 Å². The Labute approximate surface area is 162 Å². The zero-order valence-electron chi connectivity index (χ0n) is 15.4. The van der Waals surface area contributed by atoms with E-state index < -0.39 is 0 Å². The second-order valence-electron chi connectivity index (χ2n) is 7.97. The van der Waals surface area contributed by atoms with Crippen molar-refractivity contribution in [3.8, 4) is 0 Å². The highest BCUT2D eigenvalue weighted by Gasteiger charge is 2.39. The second kappa shape index (κ2) is 6.77. The Morgan fingerprint density at radius 3 is 3.19 bits per heavy atom. The number of rotatable bonds is 4. The van der Waals surface area contributed by atoms with Crippen LogP contribution in [0.4, 0.5) is 5.82 Å². The van der Waals surface area contributed by atoms with E-state index in [0.29, 0.717) is 30.1 Å². The number of anilines is 1. The normalized spacial score (nSPS) is 24.7. The zero-order chi connectivity index (χ0) is 18.4. The molecule has 3 heterocycles. The van der Waals surface area contributed by atoms with Crippen LogP contribution < -0.4 is 5.32 Å². The molecule has 6 heteroatoms. The van der Waals surface area contributed by atoms with Gasteiger partial charge in [-0.25, -0.2) is 0 Å². The standard InChI is InChI=1S/C21H24N4OS/c1-25-12-13(5-6-20(26)23-19-7-8-27-24-19)9-16-15-3-2-4-17-21(15)14(11-22-17)10-18(16)25/h2-4,7-8,11,13,16,18,22H,5-6,9-10,12H2,1H3,(H,23,24,26)/t13?,16-,18-/m1/s1. The first-order valence-electron chi connectivity index (χ1n) is 9.68. The lowest BCUT2D eigenvalue weighted by molar-refractivity contribution is -0.116. The van der Waals surface area contributed by atoms with Gasteiger partial charge in [-0.15, -0.1) is 0 Å². The van der Waals surface area contributed by atoms with E-state index in [1.54, 1.807) is 0 Å². The van der Waals surface area contributed by atoms with Crippen LogP contribution >= 0.6 is 11.5 Å². The monoisotopic (exact) mass is 380 g/mol. The lowest BCUT2D eigenvalue weighted by Gasteiger charge is -2.45. The van der Waals surface area contributed by atoms with Crippen molar-refractivity contribution in [1.29, 1.82) is 0 Å². The number of nitrogens with zero attached hydrogens (tertiary/aromatic N) is 2. The Kier molecular flexibility index (Phi) is 4.25. The summed E-state index contributed by atoms with van der Waals surface area (Å²) in [4.78, 5) is 18.2. The van der Waals surface area contributed by atoms with Gasteiger partial charge < -0.3 is 15.2 Å². The summed E-state index contributed by atoms with van der Waals surface area (Å²) < 4.78 is 4.15. The number of amides is 1. The number of carbonyl (C=O) groups excluding carboxylic acids is 1. The average Bonchev–Trinajstić information content (AvgIpc) is 3.32. The lowest BCUT2D eigenvalue weighted by atomic mass is 9.71. The van der Waals surface area contributed by atoms with Crippen molar-refractivity contribution in [3.63, 3.8) is 0 Å². The van der Waals surface area contributed by atoms with Gasteiger partial charge in [0.1, 0.15) is 5.82 Å². The molecule has 2 aliphatic rings. The molecule has 1 aliphatic carbocycles. The highest BCUT2D eigenvalue weighted by atomic mass is 32.1. The second-order valence-corrected chi connectivity index (χ2v) is 8.64. The molecule has 2 N–H and O–H groups in total. The third kappa shape index (κ3) is 3.07. The third-order valence-electron chi connectivity index (χ3n) is 6.30. The molecular weight excluding hydrogens is 356 g/mol. The molecule has 140 valence electrons. The number of piperidine rings is 1. The van der Waals surface area contributed by atoms with Crippen molar-refractivity contribution in [3.05, 3.63) is 47.0 Å². The summed E-state index contributed by atoms with van der Waals surface area (Å²) in [6, 6.07) is 9.07. The molecule has 5 nitrogen and oxygen atoms in total. The van der Waals surface area contributed by atoms with Crippen LogP contribution in [-0.2, 0) is 11.2 Å². The fourth-order valence-electron chi connectivity index (χ4n) is 5.08. The number of nitrogens with one attached hydrogen (secondary N) is 2. The number of aromatic nitrogens is 2. The van der Waals surface area contributed by atoms with E-state index in [4.69, 9.17) is 0 Å². The van der Waals surface area contributed by atoms with Gasteiger partial charge >= 0.3 is 0 Å². The van der Waals surface area contributed by atoms with E-state index in [9.17, 15) is 4.79 Å². The predicted octanol–water partition coefficient (Wildman–Crippen LogP) is 4.00. The Morgan fingerprint density at radius 1 is 1.41 bits per heavy atom. The molecule has 0 spiro atoms. The van der Waals surface area contributed by atoms with E-state index >= 15 is 0 Å². The third-order valence-corrected chi connectivity index (χ3v) is 6.86. The van der Waals surface area contributed by atoms with Crippen molar-refractivity contribution in [2.24, 2.45) is 5.92 Å². The number of likely N-dealkylation sites (tertiary alicyclic amines) is 1. The molecule has 3 aromatic rings. The maximum atomic E-state index is 12.2. The molecule has 27 heavy (non-hydrogen) atoms. The van der Waals surface area contributed by atoms with Crippen LogP contribution in [0.1, 0.15) is 36.3 Å². The first-order valence-corrected chi connectivity index (χ1v) is 10.5. The number of hydrogen-bond acceptors (Lipinski definition) is 4. The van der Waals surface area contributed by atoms with Crippen molar-refractivity contribution in [1.82, 2.24) is 14.3 Å². The van der Waals surface area contributed by atoms with Crippen LogP contribution in [0.5, 0.6) is 0 Å². The number of likely N-dealkylation sites (N-methyl/N-ethyl adjacent to an activating group) is 1. The van der Waals surface area contributed by atoms with Gasteiger partial charge in [0.25, 0.3) is 0 Å². The van der Waals surface area contributed by atoms with Gasteiger partial charge in [-0.3, -0.25) is 4.79 Å². The summed E-state index contributed by atoms with van der Waals surface area (Å²) in [5.41, 5.74) is 4.20. The van der Waals surface area contributed by atoms with Crippen molar-refractivity contribution < 1.29 is 4.79 Å². The Morgan fingerprint density at radius 2 is 2.33 bits per heavy atom. The Bertz CT molecular complexity index is 964. The first-order chi connectivity index (χ1) is 13.2. The van der Waals surface area contributed by atoms with Gasteiger partial charge in [0.05, 0.1) is 0 Å². The molecule has 2 aromatic heterocycles. The average molecular weight is 381 g/mol. The van der Waals surface area contributed by atoms with Gasteiger partial charge in [0.15, 0.2) is 0 Å². The van der Waals surface area contributed by atoms with Crippen molar-refractivity contribution >= 4 is 34.2 Å². The maximum Gasteiger partial charge on any atom is 0.225 e. The van der Waals surface area contributed by atoms with E-state index in [1.807, 2.05) is 11.4 Å². The number of fused-ring (bicyclic) bond motifs is 2. The summed E-state index contributed by atoms with van der Waals surface area (Å²) >= 11 is 1.36. The van der Waals surface area contributed by atoms with Crippen LogP contribution in [0.3, 0.4) is 0 Å². The van der Waals surface area contributed by atoms with Gasteiger partial charge in [0.2, 0.25) is 5.91 Å². The maximum absolute atomic E-state index is 12.2. The SMILES string of the molecule is CN1CC(CCC(=O)Nc2ccsn2)C[C@@H]2c3cccc4[nH]cc(c34)C[C@H]21. The molecule has 1 amide bonds. The van der Waals surface area contributed by atoms with E-state index in [-0.39, 0.29) is 5.91 Å². The minimum Gasteiger partial charge on any atom is -0.361 e. The summed E-state index contributed by atoms with van der Waals surface area (Å²) in [7, 11) is 2.25. The molecule has 5 rings (SSSR count). The summed E-state index contributed by atoms with van der Waals surface area (Å²) in [6.45, 7) is 1.07. The molecule has 1 aliphatic heterocycles. The molecule has 0 bridgehead atoms. The lowest BCUT2D eigenvalue weighted by Crippen LogP contribution is -2.47. The molecule has 1 aromatic carbocycles. The van der Waals surface area contributed by atoms with Gasteiger partial charge in [-0.1, -0.05) is 12.1 Å². The summed E-state index contributed by atoms with van der Waals surface area (Å²) in [5.74, 6) is 1.85. The number of benzene rings is 1. The number of hydrogen-bond donors (Lipinski definition) is 2. The zero-order valence-corrected chi connectivity index (χ0v) is 16.3. The largest absolute Gasteiger partial charge is 0.361 e. The summed E-state index contributed by atoms with van der Waals surface area (Å²) in [5, 5.41) is 6.22. The number of carbonyl (C=O) groups is 1. The molecule has 1 unspecified atom stereocenters. The molecule has 3 atom stereocenters. The van der Waals surface area contributed by atoms with Gasteiger partial charge in [0, 0.05) is 47.4 Å². The van der Waals surface area contributed by atoms with Crippen LogP contribution in [0.2, 0.25) is 0 Å². The molecule has 1 fully saturated rings. The van der Waals surface area contributed by atoms with Crippen LogP contribution in [0.15, 0.2) is 35.8 Å². The summed E-state index contributed by atoms with van der Waals surface area (Å²) in [6.07, 6.45) is 5.97. The van der Waals surface area contributed by atoms with Crippen LogP contribution in [0.25, 0.3) is 10.9 Å². The quantitative estimate of drug-likeness (QED) is 0.719. The number of aromatic amines is 1. The molecule has 0 saturated carbocycles. The minimum atomic E-state index is 0.0735.